The average Bonchev–Trinajstić information content (AvgIpc) is 3.51. The van der Waals surface area contributed by atoms with Crippen LogP contribution < -0.4 is 9.96 Å². The lowest BCUT2D eigenvalue weighted by Crippen LogP contribution is -2.57. The largest absolute Gasteiger partial charge is 0.332 e. The summed E-state index contributed by atoms with van der Waals surface area (Å²) in [4.78, 5) is 8.06. The standard InChI is InChI=1S/C42H68N2Si2/c1-41(2,3)43-45(7,8)39-31-33(35-27-21-23-29-37(35)39)25-19-17-15-13-11-12-14-16-18-20-26-34-32-40(38-30-24-22-28-36(34)38)46(9,10)44-42(4,5)6/h21-24,27-32,39-40,43-44H,11-20,25-26H2,1-10H3. The maximum atomic E-state index is 4.03. The molecule has 2 aliphatic carbocycles. The summed E-state index contributed by atoms with van der Waals surface area (Å²) in [5, 5.41) is 0. The topological polar surface area (TPSA) is 24.1 Å². The molecular weight excluding hydrogens is 589 g/mol. The predicted octanol–water partition coefficient (Wildman–Crippen LogP) is 12.3. The zero-order valence-corrected chi connectivity index (χ0v) is 33.4. The van der Waals surface area contributed by atoms with E-state index in [0.29, 0.717) is 11.1 Å². The fourth-order valence-electron chi connectivity index (χ4n) is 8.65. The van der Waals surface area contributed by atoms with E-state index in [9.17, 15) is 0 Å². The smallest absolute Gasteiger partial charge is 0.131 e. The fraction of sp³-hybridized carbons (Fsp3) is 0.619. The summed E-state index contributed by atoms with van der Waals surface area (Å²) in [7, 11) is -3.30. The second-order valence-electron chi connectivity index (χ2n) is 17.7. The number of benzene rings is 2. The van der Waals surface area contributed by atoms with Gasteiger partial charge in [0.2, 0.25) is 0 Å². The van der Waals surface area contributed by atoms with Crippen molar-refractivity contribution in [1.82, 2.24) is 9.96 Å². The third kappa shape index (κ3) is 10.4. The van der Waals surface area contributed by atoms with Crippen molar-refractivity contribution in [3.63, 3.8) is 0 Å². The van der Waals surface area contributed by atoms with Crippen LogP contribution in [0.25, 0.3) is 11.1 Å². The molecule has 2 aromatic rings. The summed E-state index contributed by atoms with van der Waals surface area (Å²) >= 11 is 0. The van der Waals surface area contributed by atoms with E-state index in [1.54, 1.807) is 22.3 Å². The molecule has 0 aromatic heterocycles. The van der Waals surface area contributed by atoms with Gasteiger partial charge in [-0.25, -0.2) is 0 Å². The van der Waals surface area contributed by atoms with Crippen molar-refractivity contribution in [3.8, 4) is 0 Å². The van der Waals surface area contributed by atoms with Gasteiger partial charge in [-0.1, -0.05) is 138 Å². The first-order valence-electron chi connectivity index (χ1n) is 18.8. The van der Waals surface area contributed by atoms with Gasteiger partial charge in [0, 0.05) is 22.2 Å². The van der Waals surface area contributed by atoms with E-state index in [1.165, 1.54) is 88.2 Å². The van der Waals surface area contributed by atoms with E-state index in [-0.39, 0.29) is 11.1 Å². The molecule has 0 aliphatic heterocycles. The first kappa shape index (κ1) is 37.1. The van der Waals surface area contributed by atoms with Crippen molar-refractivity contribution >= 4 is 27.6 Å². The maximum absolute atomic E-state index is 4.03. The molecule has 0 fully saturated rings. The number of hydrogen-bond donors (Lipinski definition) is 2. The SMILES string of the molecule is CC(C)(C)N[Si](C)(C)C1C=C(CCCCCCCCCCCCC2=CC([Si](C)(C)NC(C)(C)C)c3ccccc32)c2ccccc21. The van der Waals surface area contributed by atoms with Crippen molar-refractivity contribution in [2.24, 2.45) is 0 Å². The van der Waals surface area contributed by atoms with Gasteiger partial charge >= 0.3 is 0 Å². The summed E-state index contributed by atoms with van der Waals surface area (Å²) < 4.78 is 0. The minimum absolute atomic E-state index is 0.161. The van der Waals surface area contributed by atoms with Gasteiger partial charge in [0.05, 0.1) is 0 Å². The van der Waals surface area contributed by atoms with Crippen molar-refractivity contribution in [1.29, 1.82) is 0 Å². The van der Waals surface area contributed by atoms with E-state index < -0.39 is 16.5 Å². The predicted molar refractivity (Wildman–Crippen MR) is 210 cm³/mol. The van der Waals surface area contributed by atoms with E-state index in [1.807, 2.05) is 0 Å². The Kier molecular flexibility index (Phi) is 12.6. The van der Waals surface area contributed by atoms with Gasteiger partial charge in [-0.05, 0) is 101 Å². The summed E-state index contributed by atoms with van der Waals surface area (Å²) in [6, 6.07) is 18.5. The van der Waals surface area contributed by atoms with Crippen molar-refractivity contribution in [2.45, 2.75) is 167 Å². The minimum Gasteiger partial charge on any atom is -0.332 e. The monoisotopic (exact) mass is 656 g/mol. The molecule has 0 heterocycles. The Morgan fingerprint density at radius 2 is 0.783 bits per heavy atom. The molecule has 0 amide bonds. The molecule has 2 aliphatic rings. The molecule has 0 spiro atoms. The zero-order chi connectivity index (χ0) is 33.6. The van der Waals surface area contributed by atoms with Crippen LogP contribution in [-0.4, -0.2) is 27.5 Å². The lowest BCUT2D eigenvalue weighted by atomic mass is 9.99. The van der Waals surface area contributed by atoms with E-state index >= 15 is 0 Å². The van der Waals surface area contributed by atoms with Gasteiger partial charge in [-0.3, -0.25) is 0 Å². The summed E-state index contributed by atoms with van der Waals surface area (Å²) in [6.07, 6.45) is 21.6. The Labute approximate surface area is 286 Å². The minimum atomic E-state index is -1.65. The lowest BCUT2D eigenvalue weighted by molar-refractivity contribution is 0.508. The quantitative estimate of drug-likeness (QED) is 0.131. The average molecular weight is 657 g/mol. The first-order valence-corrected chi connectivity index (χ1v) is 24.9. The zero-order valence-electron chi connectivity index (χ0n) is 31.4. The van der Waals surface area contributed by atoms with Crippen LogP contribution in [0, 0.1) is 0 Å². The lowest BCUT2D eigenvalue weighted by Gasteiger charge is -2.37. The van der Waals surface area contributed by atoms with Gasteiger partial charge in [0.25, 0.3) is 0 Å². The highest BCUT2D eigenvalue weighted by Crippen LogP contribution is 2.44. The molecule has 0 bridgehead atoms. The number of allylic oxidation sites excluding steroid dienone is 4. The van der Waals surface area contributed by atoms with Crippen molar-refractivity contribution in [2.75, 3.05) is 0 Å². The molecule has 0 saturated heterocycles. The second kappa shape index (κ2) is 15.7. The number of hydrogen-bond acceptors (Lipinski definition) is 2. The van der Waals surface area contributed by atoms with E-state index in [4.69, 9.17) is 0 Å². The van der Waals surface area contributed by atoms with Crippen LogP contribution in [0.1, 0.15) is 152 Å². The highest BCUT2D eigenvalue weighted by atomic mass is 28.3. The van der Waals surface area contributed by atoms with Crippen LogP contribution >= 0.6 is 0 Å². The van der Waals surface area contributed by atoms with Gasteiger partial charge in [-0.15, -0.1) is 0 Å². The highest BCUT2D eigenvalue weighted by Gasteiger charge is 2.40. The number of rotatable bonds is 17. The molecule has 2 aromatic carbocycles. The molecule has 2 unspecified atom stereocenters. The van der Waals surface area contributed by atoms with Gasteiger partial charge < -0.3 is 9.96 Å². The first-order chi connectivity index (χ1) is 21.6. The van der Waals surface area contributed by atoms with Gasteiger partial charge in [0.1, 0.15) is 16.5 Å². The van der Waals surface area contributed by atoms with E-state index in [2.05, 4.69) is 138 Å². The maximum Gasteiger partial charge on any atom is 0.131 e. The number of nitrogens with one attached hydrogen (secondary N) is 2. The van der Waals surface area contributed by atoms with Crippen LogP contribution in [0.2, 0.25) is 26.2 Å². The molecule has 2 N–H and O–H groups in total. The van der Waals surface area contributed by atoms with Crippen LogP contribution in [0.5, 0.6) is 0 Å². The normalized spacial score (nSPS) is 18.4. The Morgan fingerprint density at radius 3 is 1.11 bits per heavy atom. The van der Waals surface area contributed by atoms with Crippen LogP contribution in [-0.2, 0) is 0 Å². The molecule has 0 saturated carbocycles. The fourth-order valence-corrected chi connectivity index (χ4v) is 16.1. The Morgan fingerprint density at radius 1 is 0.478 bits per heavy atom. The highest BCUT2D eigenvalue weighted by molar-refractivity contribution is 6.77. The molecular formula is C42H68N2Si2. The van der Waals surface area contributed by atoms with Crippen LogP contribution in [0.4, 0.5) is 0 Å². The Hall–Kier alpha value is -1.73. The van der Waals surface area contributed by atoms with Crippen molar-refractivity contribution < 1.29 is 0 Å². The molecule has 4 rings (SSSR count). The third-order valence-corrected chi connectivity index (χ3v) is 17.0. The molecule has 254 valence electrons. The van der Waals surface area contributed by atoms with Crippen molar-refractivity contribution in [3.05, 3.63) is 82.9 Å². The van der Waals surface area contributed by atoms with Crippen LogP contribution in [0.15, 0.2) is 60.7 Å². The summed E-state index contributed by atoms with van der Waals surface area (Å²) in [5.41, 5.74) is 10.9. The Bertz CT molecular complexity index is 1230. The number of fused-ring (bicyclic) bond motifs is 2. The second-order valence-corrected chi connectivity index (χ2v) is 26.4. The van der Waals surface area contributed by atoms with Crippen LogP contribution in [0.3, 0.4) is 0 Å². The Balaban J connectivity index is 1.11. The molecule has 2 nitrogen and oxygen atoms in total. The summed E-state index contributed by atoms with van der Waals surface area (Å²) in [6.45, 7) is 23.9. The summed E-state index contributed by atoms with van der Waals surface area (Å²) in [5.74, 6) is 0. The third-order valence-electron chi connectivity index (χ3n) is 10.1. The number of unbranched alkanes of at least 4 members (excludes halogenated alkanes) is 9. The van der Waals surface area contributed by atoms with Gasteiger partial charge in [-0.2, -0.15) is 0 Å². The van der Waals surface area contributed by atoms with E-state index in [0.717, 1.165) is 0 Å². The molecule has 2 atom stereocenters. The molecule has 4 heteroatoms. The molecule has 46 heavy (non-hydrogen) atoms. The molecule has 0 radical (unpaired) electrons. The van der Waals surface area contributed by atoms with Gasteiger partial charge in [0.15, 0.2) is 0 Å².